The second kappa shape index (κ2) is 3.81. The summed E-state index contributed by atoms with van der Waals surface area (Å²) in [7, 11) is 0. The molecule has 0 unspecified atom stereocenters. The third-order valence-electron chi connectivity index (χ3n) is 2.30. The fraction of sp³-hybridized carbons (Fsp3) is 1.00. The number of hydrogen-bond donors (Lipinski definition) is 1. The Labute approximate surface area is 62.9 Å². The molecule has 0 aromatic heterocycles. The van der Waals surface area contributed by atoms with Crippen molar-refractivity contribution in [3.05, 3.63) is 0 Å². The van der Waals surface area contributed by atoms with Crippen molar-refractivity contribution in [2.75, 3.05) is 0 Å². The van der Waals surface area contributed by atoms with E-state index in [-0.39, 0.29) is 0 Å². The van der Waals surface area contributed by atoms with E-state index in [1.165, 1.54) is 0 Å². The summed E-state index contributed by atoms with van der Waals surface area (Å²) in [6.07, 6.45) is 0. The van der Waals surface area contributed by atoms with Gasteiger partial charge in [0.15, 0.2) is 0 Å². The van der Waals surface area contributed by atoms with E-state index in [4.69, 9.17) is 0 Å². The summed E-state index contributed by atoms with van der Waals surface area (Å²) in [5.74, 6) is 0. The van der Waals surface area contributed by atoms with Crippen LogP contribution >= 0.6 is 0 Å². The fourth-order valence-electron chi connectivity index (χ4n) is 1.07. The first kappa shape index (κ1) is 9.76. The Hall–Kier alpha value is 0.759. The molecule has 0 heterocycles. The van der Waals surface area contributed by atoms with Crippen LogP contribution in [0, 0.1) is 0 Å². The van der Waals surface area contributed by atoms with Crippen LogP contribution in [0.1, 0.15) is 27.7 Å². The van der Waals surface area contributed by atoms with Crippen LogP contribution in [0.3, 0.4) is 0 Å². The second-order valence-corrected chi connectivity index (χ2v) is 16.6. The van der Waals surface area contributed by atoms with Crippen molar-refractivity contribution in [3.63, 3.8) is 0 Å². The van der Waals surface area contributed by atoms with Crippen LogP contribution in [-0.2, 0) is 0 Å². The van der Waals surface area contributed by atoms with Crippen LogP contribution in [0.5, 0.6) is 0 Å². The molecule has 2 heteroatoms. The van der Waals surface area contributed by atoms with Crippen molar-refractivity contribution in [3.8, 4) is 0 Å². The van der Waals surface area contributed by atoms with E-state index in [2.05, 4.69) is 27.7 Å². The number of rotatable bonds is 3. The van der Waals surface area contributed by atoms with Crippen molar-refractivity contribution in [1.82, 2.24) is 0 Å². The molecule has 0 aliphatic heterocycles. The molecule has 1 nitrogen and oxygen atoms in total. The Balaban J connectivity index is 3.92. The summed E-state index contributed by atoms with van der Waals surface area (Å²) in [5, 5.41) is 0. The van der Waals surface area contributed by atoms with E-state index < -0.39 is 18.8 Å². The van der Waals surface area contributed by atoms with Gasteiger partial charge in [-0.3, -0.25) is 0 Å². The van der Waals surface area contributed by atoms with Crippen LogP contribution in [0.2, 0.25) is 12.8 Å². The van der Waals surface area contributed by atoms with Gasteiger partial charge in [-0.2, -0.15) is 0 Å². The molecule has 0 rings (SSSR count). The molecule has 56 valence electrons. The molecule has 1 N–H and O–H groups in total. The van der Waals surface area contributed by atoms with Gasteiger partial charge < -0.3 is 0 Å². The minimum atomic E-state index is -2.47. The maximum absolute atomic E-state index is 9.92. The first-order valence-corrected chi connectivity index (χ1v) is 10.7. The predicted octanol–water partition coefficient (Wildman–Crippen LogP) is 2.37. The normalized spacial score (nSPS) is 12.7. The Bertz CT molecular complexity index is 77.0. The molecule has 0 saturated heterocycles. The molecule has 0 aliphatic carbocycles. The molecule has 0 fully saturated rings. The monoisotopic (exact) mass is 238 g/mol. The van der Waals surface area contributed by atoms with E-state index in [9.17, 15) is 3.44 Å². The molecule has 0 saturated carbocycles. The standard InChI is InChI=1S/C3H7.2C2H5.H2O.Sn/c1-3-2;2*1-2;;/h3H,1-2H3;2*1H2,2H3;1H2;/q;;;;+1/p-1. The first-order valence-electron chi connectivity index (χ1n) is 3.79. The molecular weight excluding hydrogens is 219 g/mol. The second-order valence-electron chi connectivity index (χ2n) is 2.97. The van der Waals surface area contributed by atoms with Crippen LogP contribution in [0.15, 0.2) is 0 Å². The molecule has 0 bridgehead atoms. The Morgan fingerprint density at radius 3 is 1.56 bits per heavy atom. The topological polar surface area (TPSA) is 20.2 Å². The first-order chi connectivity index (χ1) is 4.06. The van der Waals surface area contributed by atoms with E-state index in [0.29, 0.717) is 3.93 Å². The molecule has 0 spiro atoms. The SMILES string of the molecule is C[CH2][Sn]([OH])([CH2]C)[CH](C)C. The summed E-state index contributed by atoms with van der Waals surface area (Å²) in [6.45, 7) is 8.56. The quantitative estimate of drug-likeness (QED) is 0.747. The van der Waals surface area contributed by atoms with Crippen LogP contribution in [0.4, 0.5) is 0 Å². The molecule has 0 aliphatic rings. The molecule has 0 amide bonds. The van der Waals surface area contributed by atoms with Gasteiger partial charge in [0, 0.05) is 0 Å². The Kier molecular flexibility index (Phi) is 4.13. The van der Waals surface area contributed by atoms with E-state index in [0.717, 1.165) is 8.87 Å². The van der Waals surface area contributed by atoms with E-state index >= 15 is 0 Å². The summed E-state index contributed by atoms with van der Waals surface area (Å²) >= 11 is -2.47. The van der Waals surface area contributed by atoms with Crippen molar-refractivity contribution in [2.45, 2.75) is 40.5 Å². The van der Waals surface area contributed by atoms with Crippen molar-refractivity contribution in [2.24, 2.45) is 0 Å². The van der Waals surface area contributed by atoms with Crippen molar-refractivity contribution in [1.29, 1.82) is 0 Å². The summed E-state index contributed by atoms with van der Waals surface area (Å²) in [5.41, 5.74) is 0. The van der Waals surface area contributed by atoms with Gasteiger partial charge in [-0.15, -0.1) is 0 Å². The molecule has 9 heavy (non-hydrogen) atoms. The molecule has 0 atom stereocenters. The van der Waals surface area contributed by atoms with Gasteiger partial charge in [-0.25, -0.2) is 0 Å². The van der Waals surface area contributed by atoms with Crippen LogP contribution in [0.25, 0.3) is 0 Å². The Morgan fingerprint density at radius 2 is 1.56 bits per heavy atom. The molecule has 0 aromatic rings. The zero-order chi connectivity index (χ0) is 7.49. The molecule has 0 radical (unpaired) electrons. The zero-order valence-electron chi connectivity index (χ0n) is 6.94. The maximum atomic E-state index is 9.92. The summed E-state index contributed by atoms with van der Waals surface area (Å²) < 4.78 is 12.7. The van der Waals surface area contributed by atoms with Crippen LogP contribution < -0.4 is 0 Å². The van der Waals surface area contributed by atoms with Gasteiger partial charge in [0.1, 0.15) is 0 Å². The summed E-state index contributed by atoms with van der Waals surface area (Å²) in [6, 6.07) is 0. The minimum absolute atomic E-state index is 0.592. The van der Waals surface area contributed by atoms with E-state index in [1.54, 1.807) is 0 Å². The summed E-state index contributed by atoms with van der Waals surface area (Å²) in [4.78, 5) is 0. The van der Waals surface area contributed by atoms with Gasteiger partial charge in [-0.05, 0) is 0 Å². The van der Waals surface area contributed by atoms with Crippen molar-refractivity contribution >= 4 is 18.8 Å². The third-order valence-corrected chi connectivity index (χ3v) is 15.4. The van der Waals surface area contributed by atoms with Crippen LogP contribution in [-0.4, -0.2) is 22.2 Å². The van der Waals surface area contributed by atoms with Gasteiger partial charge in [0.25, 0.3) is 0 Å². The zero-order valence-corrected chi connectivity index (χ0v) is 9.79. The van der Waals surface area contributed by atoms with E-state index in [1.807, 2.05) is 0 Å². The van der Waals surface area contributed by atoms with Gasteiger partial charge in [0.2, 0.25) is 0 Å². The van der Waals surface area contributed by atoms with Gasteiger partial charge >= 0.3 is 62.7 Å². The molecular formula is C7H18OSn. The van der Waals surface area contributed by atoms with Gasteiger partial charge in [0.05, 0.1) is 0 Å². The van der Waals surface area contributed by atoms with Crippen molar-refractivity contribution < 1.29 is 3.44 Å². The average molecular weight is 237 g/mol. The Morgan fingerprint density at radius 1 is 1.22 bits per heavy atom. The van der Waals surface area contributed by atoms with Gasteiger partial charge in [-0.1, -0.05) is 0 Å². The molecule has 0 aromatic carbocycles. The number of hydrogen-bond acceptors (Lipinski definition) is 1. The fourth-order valence-corrected chi connectivity index (χ4v) is 7.15. The predicted molar refractivity (Wildman–Crippen MR) is 44.0 cm³/mol. The third kappa shape index (κ3) is 2.46. The average Bonchev–Trinajstić information content (AvgIpc) is 1.86.